The highest BCUT2D eigenvalue weighted by Crippen LogP contribution is 2.16. The Labute approximate surface area is 116 Å². The number of nitrogens with zero attached hydrogens (tertiary/aromatic N) is 4. The lowest BCUT2D eigenvalue weighted by Gasteiger charge is -2.20. The summed E-state index contributed by atoms with van der Waals surface area (Å²) in [7, 11) is 5.34. The molecule has 0 aliphatic rings. The molecule has 0 saturated heterocycles. The van der Waals surface area contributed by atoms with Gasteiger partial charge in [0.2, 0.25) is 5.91 Å². The molecule has 0 fully saturated rings. The molecule has 0 radical (unpaired) electrons. The summed E-state index contributed by atoms with van der Waals surface area (Å²) in [6.07, 6.45) is 1.83. The minimum Gasteiger partial charge on any atom is -0.350 e. The lowest BCUT2D eigenvalue weighted by Crippen LogP contribution is -2.34. The van der Waals surface area contributed by atoms with E-state index in [1.807, 2.05) is 18.0 Å². The Morgan fingerprint density at radius 1 is 1.33 bits per heavy atom. The first kappa shape index (κ1) is 14.9. The first-order valence-corrected chi connectivity index (χ1v) is 6.68. The zero-order chi connectivity index (χ0) is 13.7. The normalized spacial score (nSPS) is 10.3. The highest BCUT2D eigenvalue weighted by atomic mass is 79.9. The van der Waals surface area contributed by atoms with Gasteiger partial charge in [-0.25, -0.2) is 9.97 Å². The number of aryl methyl sites for hydroxylation is 1. The van der Waals surface area contributed by atoms with Crippen molar-refractivity contribution < 1.29 is 4.79 Å². The number of hydrogen-bond donors (Lipinski definition) is 0. The van der Waals surface area contributed by atoms with Crippen LogP contribution in [0.5, 0.6) is 0 Å². The molecule has 0 unspecified atom stereocenters. The first-order chi connectivity index (χ1) is 8.43. The molecule has 0 aliphatic carbocycles. The summed E-state index contributed by atoms with van der Waals surface area (Å²) in [6, 6.07) is 1.82. The van der Waals surface area contributed by atoms with Crippen molar-refractivity contribution in [2.45, 2.75) is 19.8 Å². The van der Waals surface area contributed by atoms with Crippen molar-refractivity contribution >= 4 is 27.7 Å². The van der Waals surface area contributed by atoms with Crippen LogP contribution in [0.1, 0.15) is 19.2 Å². The summed E-state index contributed by atoms with van der Waals surface area (Å²) in [5.74, 6) is 1.60. The maximum atomic E-state index is 11.7. The van der Waals surface area contributed by atoms with E-state index in [-0.39, 0.29) is 5.91 Å². The Bertz CT molecular complexity index is 423. The van der Waals surface area contributed by atoms with Gasteiger partial charge in [0.1, 0.15) is 16.2 Å². The molecule has 0 spiro atoms. The molecule has 1 heterocycles. The van der Waals surface area contributed by atoms with Crippen molar-refractivity contribution in [3.63, 3.8) is 0 Å². The summed E-state index contributed by atoms with van der Waals surface area (Å²) < 4.78 is 0.750. The minimum absolute atomic E-state index is 0.0456. The van der Waals surface area contributed by atoms with Crippen molar-refractivity contribution in [1.29, 1.82) is 0 Å². The fourth-order valence-electron chi connectivity index (χ4n) is 1.41. The van der Waals surface area contributed by atoms with Gasteiger partial charge in [-0.15, -0.1) is 0 Å². The molecule has 0 saturated carbocycles. The van der Waals surface area contributed by atoms with E-state index >= 15 is 0 Å². The van der Waals surface area contributed by atoms with E-state index in [1.54, 1.807) is 19.0 Å². The average Bonchev–Trinajstić information content (AvgIpc) is 2.28. The second-order valence-electron chi connectivity index (χ2n) is 4.36. The number of rotatable bonds is 5. The van der Waals surface area contributed by atoms with Crippen LogP contribution in [0, 0.1) is 0 Å². The van der Waals surface area contributed by atoms with E-state index in [0.29, 0.717) is 6.54 Å². The summed E-state index contributed by atoms with van der Waals surface area (Å²) in [6.45, 7) is 2.39. The number of likely N-dealkylation sites (N-methyl/N-ethyl adjacent to an activating group) is 2. The van der Waals surface area contributed by atoms with Crippen LogP contribution in [-0.2, 0) is 11.2 Å². The topological polar surface area (TPSA) is 49.3 Å². The third-order valence-corrected chi connectivity index (χ3v) is 2.87. The smallest absolute Gasteiger partial charge is 0.241 e. The maximum Gasteiger partial charge on any atom is 0.241 e. The van der Waals surface area contributed by atoms with E-state index in [2.05, 4.69) is 32.8 Å². The molecular formula is C12H19BrN4O. The highest BCUT2D eigenvalue weighted by Gasteiger charge is 2.12. The molecule has 0 aliphatic heterocycles. The van der Waals surface area contributed by atoms with Crippen LogP contribution >= 0.6 is 15.9 Å². The molecule has 100 valence electrons. The van der Waals surface area contributed by atoms with E-state index in [1.165, 1.54) is 0 Å². The number of amides is 1. The third kappa shape index (κ3) is 4.25. The van der Waals surface area contributed by atoms with E-state index < -0.39 is 0 Å². The monoisotopic (exact) mass is 314 g/mol. The van der Waals surface area contributed by atoms with Gasteiger partial charge in [-0.1, -0.05) is 6.92 Å². The van der Waals surface area contributed by atoms with E-state index in [4.69, 9.17) is 0 Å². The Hall–Kier alpha value is -1.17. The van der Waals surface area contributed by atoms with Crippen LogP contribution in [0.4, 0.5) is 5.82 Å². The van der Waals surface area contributed by atoms with Crippen molar-refractivity contribution in [3.8, 4) is 0 Å². The predicted molar refractivity (Wildman–Crippen MR) is 75.7 cm³/mol. The molecule has 1 rings (SSSR count). The summed E-state index contributed by atoms with van der Waals surface area (Å²) in [5, 5.41) is 0. The highest BCUT2D eigenvalue weighted by molar-refractivity contribution is 9.10. The average molecular weight is 315 g/mol. The van der Waals surface area contributed by atoms with Gasteiger partial charge in [0.05, 0.1) is 6.54 Å². The Kier molecular flexibility index (Phi) is 5.53. The van der Waals surface area contributed by atoms with Crippen LogP contribution < -0.4 is 4.90 Å². The number of hydrogen-bond acceptors (Lipinski definition) is 4. The largest absolute Gasteiger partial charge is 0.350 e. The summed E-state index contributed by atoms with van der Waals surface area (Å²) >= 11 is 3.37. The van der Waals surface area contributed by atoms with Crippen molar-refractivity contribution in [1.82, 2.24) is 14.9 Å². The molecule has 0 aromatic carbocycles. The molecule has 1 amide bonds. The van der Waals surface area contributed by atoms with Crippen molar-refractivity contribution in [2.24, 2.45) is 0 Å². The maximum absolute atomic E-state index is 11.7. The molecule has 0 bridgehead atoms. The Morgan fingerprint density at radius 3 is 2.56 bits per heavy atom. The molecule has 1 aromatic rings. The van der Waals surface area contributed by atoms with Crippen LogP contribution in [0.25, 0.3) is 0 Å². The standard InChI is InChI=1S/C12H19BrN4O/c1-5-6-10-14-9(13)7-11(15-10)17(4)8-12(18)16(2)3/h7H,5-6,8H2,1-4H3. The summed E-state index contributed by atoms with van der Waals surface area (Å²) in [4.78, 5) is 23.8. The SMILES string of the molecule is CCCc1nc(Br)cc(N(C)CC(=O)N(C)C)n1. The van der Waals surface area contributed by atoms with Gasteiger partial charge in [0, 0.05) is 33.6 Å². The quantitative estimate of drug-likeness (QED) is 0.776. The fourth-order valence-corrected chi connectivity index (χ4v) is 1.82. The van der Waals surface area contributed by atoms with E-state index in [9.17, 15) is 4.79 Å². The number of carbonyl (C=O) groups is 1. The first-order valence-electron chi connectivity index (χ1n) is 5.88. The number of carbonyl (C=O) groups excluding carboxylic acids is 1. The van der Waals surface area contributed by atoms with Gasteiger partial charge in [-0.2, -0.15) is 0 Å². The molecule has 5 nitrogen and oxygen atoms in total. The third-order valence-electron chi connectivity index (χ3n) is 2.46. The van der Waals surface area contributed by atoms with Gasteiger partial charge >= 0.3 is 0 Å². The number of aromatic nitrogens is 2. The van der Waals surface area contributed by atoms with Gasteiger partial charge in [0.25, 0.3) is 0 Å². The zero-order valence-corrected chi connectivity index (χ0v) is 12.9. The van der Waals surface area contributed by atoms with E-state index in [0.717, 1.165) is 29.1 Å². The Morgan fingerprint density at radius 2 is 2.00 bits per heavy atom. The van der Waals surface area contributed by atoms with Gasteiger partial charge in [-0.05, 0) is 22.4 Å². The van der Waals surface area contributed by atoms with Gasteiger partial charge in [0.15, 0.2) is 0 Å². The fraction of sp³-hybridized carbons (Fsp3) is 0.583. The molecular weight excluding hydrogens is 296 g/mol. The second kappa shape index (κ2) is 6.68. The zero-order valence-electron chi connectivity index (χ0n) is 11.3. The second-order valence-corrected chi connectivity index (χ2v) is 5.17. The summed E-state index contributed by atoms with van der Waals surface area (Å²) in [5.41, 5.74) is 0. The van der Waals surface area contributed by atoms with Crippen LogP contribution in [0.3, 0.4) is 0 Å². The molecule has 18 heavy (non-hydrogen) atoms. The Balaban J connectivity index is 2.84. The molecule has 6 heteroatoms. The van der Waals surface area contributed by atoms with Crippen LogP contribution in [0.15, 0.2) is 10.7 Å². The van der Waals surface area contributed by atoms with Crippen molar-refractivity contribution in [2.75, 3.05) is 32.6 Å². The van der Waals surface area contributed by atoms with Crippen molar-refractivity contribution in [3.05, 3.63) is 16.5 Å². The molecule has 1 aromatic heterocycles. The number of anilines is 1. The number of halogens is 1. The molecule has 0 N–H and O–H groups in total. The van der Waals surface area contributed by atoms with Gasteiger partial charge < -0.3 is 9.80 Å². The van der Waals surface area contributed by atoms with Crippen LogP contribution in [0.2, 0.25) is 0 Å². The predicted octanol–water partition coefficient (Wildman–Crippen LogP) is 1.72. The van der Waals surface area contributed by atoms with Gasteiger partial charge in [-0.3, -0.25) is 4.79 Å². The lowest BCUT2D eigenvalue weighted by atomic mass is 10.3. The van der Waals surface area contributed by atoms with Crippen LogP contribution in [-0.4, -0.2) is 48.5 Å². The molecule has 0 atom stereocenters. The minimum atomic E-state index is 0.0456. The lowest BCUT2D eigenvalue weighted by molar-refractivity contribution is -0.127.